The van der Waals surface area contributed by atoms with Crippen molar-refractivity contribution in [3.8, 4) is 0 Å². The highest BCUT2D eigenvalue weighted by Gasteiger charge is 1.99. The van der Waals surface area contributed by atoms with Gasteiger partial charge in [-0.25, -0.2) is 0 Å². The first-order valence-corrected chi connectivity index (χ1v) is 5.19. The summed E-state index contributed by atoms with van der Waals surface area (Å²) in [7, 11) is 0. The zero-order chi connectivity index (χ0) is 11.0. The van der Waals surface area contributed by atoms with Crippen molar-refractivity contribution in [2.45, 2.75) is 27.2 Å². The van der Waals surface area contributed by atoms with E-state index in [1.54, 1.807) is 0 Å². The van der Waals surface area contributed by atoms with Crippen LogP contribution in [-0.4, -0.2) is 0 Å². The largest absolute Gasteiger partial charge is 0.0984 e. The second-order valence-electron chi connectivity index (χ2n) is 2.75. The van der Waals surface area contributed by atoms with E-state index in [1.165, 1.54) is 16.7 Å². The minimum Gasteiger partial charge on any atom is -0.0984 e. The van der Waals surface area contributed by atoms with E-state index in [2.05, 4.69) is 32.2 Å². The number of hydrogen-bond donors (Lipinski definition) is 0. The van der Waals surface area contributed by atoms with Crippen molar-refractivity contribution in [2.75, 3.05) is 0 Å². The van der Waals surface area contributed by atoms with Crippen LogP contribution in [0.15, 0.2) is 37.4 Å². The Morgan fingerprint density at radius 2 is 1.86 bits per heavy atom. The Morgan fingerprint density at radius 3 is 2.36 bits per heavy atom. The van der Waals surface area contributed by atoms with E-state index in [0.29, 0.717) is 0 Å². The Balaban J connectivity index is 0.000000791. The minimum absolute atomic E-state index is 0.991. The van der Waals surface area contributed by atoms with Crippen molar-refractivity contribution in [3.05, 3.63) is 48.6 Å². The molecule has 1 rings (SSSR count). The highest BCUT2D eigenvalue weighted by molar-refractivity contribution is 5.72. The fourth-order valence-electron chi connectivity index (χ4n) is 1.19. The molecule has 14 heavy (non-hydrogen) atoms. The lowest BCUT2D eigenvalue weighted by Crippen LogP contribution is -1.84. The molecule has 1 aromatic rings. The summed E-state index contributed by atoms with van der Waals surface area (Å²) >= 11 is 0. The lowest BCUT2D eigenvalue weighted by atomic mass is 9.99. The molecule has 0 fully saturated rings. The molecule has 0 atom stereocenters. The second-order valence-corrected chi connectivity index (χ2v) is 2.75. The monoisotopic (exact) mass is 188 g/mol. The van der Waals surface area contributed by atoms with Gasteiger partial charge in [-0.1, -0.05) is 64.3 Å². The maximum Gasteiger partial charge on any atom is -0.0158 e. The maximum atomic E-state index is 4.00. The molecule has 1 aromatic carbocycles. The molecule has 0 saturated heterocycles. The predicted molar refractivity (Wildman–Crippen MR) is 67.2 cm³/mol. The Labute approximate surface area is 88.0 Å². The summed E-state index contributed by atoms with van der Waals surface area (Å²) in [6, 6.07) is 8.19. The average Bonchev–Trinajstić information content (AvgIpc) is 2.30. The van der Waals surface area contributed by atoms with Crippen LogP contribution in [0.1, 0.15) is 38.3 Å². The summed E-state index contributed by atoms with van der Waals surface area (Å²) in [5.74, 6) is 0. The number of allylic oxidation sites excluding steroid dienone is 1. The van der Waals surface area contributed by atoms with Gasteiger partial charge in [-0.15, -0.1) is 0 Å². The normalized spacial score (nSPS) is 8.50. The van der Waals surface area contributed by atoms with Crippen LogP contribution in [0.25, 0.3) is 11.6 Å². The number of rotatable bonds is 3. The molecule has 76 valence electrons. The Morgan fingerprint density at radius 1 is 1.29 bits per heavy atom. The van der Waals surface area contributed by atoms with Crippen molar-refractivity contribution in [2.24, 2.45) is 0 Å². The van der Waals surface area contributed by atoms with Crippen molar-refractivity contribution in [1.82, 2.24) is 0 Å². The minimum atomic E-state index is 0.991. The molecule has 0 heteroatoms. The van der Waals surface area contributed by atoms with Gasteiger partial charge in [0.2, 0.25) is 0 Å². The highest BCUT2D eigenvalue weighted by atomic mass is 14.0. The lowest BCUT2D eigenvalue weighted by Gasteiger charge is -2.06. The molecule has 0 nitrogen and oxygen atoms in total. The third kappa shape index (κ3) is 3.21. The van der Waals surface area contributed by atoms with Crippen molar-refractivity contribution >= 4 is 11.6 Å². The topological polar surface area (TPSA) is 0 Å². The summed E-state index contributed by atoms with van der Waals surface area (Å²) in [4.78, 5) is 0. The zero-order valence-corrected chi connectivity index (χ0v) is 9.51. The van der Waals surface area contributed by atoms with Gasteiger partial charge in [-0.2, -0.15) is 0 Å². The molecule has 0 spiro atoms. The number of benzene rings is 1. The van der Waals surface area contributed by atoms with Gasteiger partial charge in [-0.05, 0) is 23.1 Å². The third-order valence-electron chi connectivity index (χ3n) is 1.99. The van der Waals surface area contributed by atoms with Crippen molar-refractivity contribution in [3.63, 3.8) is 0 Å². The van der Waals surface area contributed by atoms with Crippen LogP contribution in [-0.2, 0) is 0 Å². The molecule has 0 aliphatic carbocycles. The standard InChI is InChI=1S/C12H14.C2H6/c1-4-10(3)12-9-7-6-8-11(12)5-2;1-2/h5-9H,2-4H2,1H3;1-2H3. The van der Waals surface area contributed by atoms with Crippen LogP contribution in [0.2, 0.25) is 0 Å². The van der Waals surface area contributed by atoms with E-state index in [4.69, 9.17) is 0 Å². The Hall–Kier alpha value is -1.30. The van der Waals surface area contributed by atoms with Gasteiger partial charge in [-0.3, -0.25) is 0 Å². The fraction of sp³-hybridized carbons (Fsp3) is 0.286. The van der Waals surface area contributed by atoms with Gasteiger partial charge in [0.25, 0.3) is 0 Å². The van der Waals surface area contributed by atoms with E-state index < -0.39 is 0 Å². The molecule has 0 amide bonds. The Kier molecular flexibility index (Phi) is 6.47. The van der Waals surface area contributed by atoms with E-state index in [1.807, 2.05) is 32.1 Å². The van der Waals surface area contributed by atoms with Crippen molar-refractivity contribution < 1.29 is 0 Å². The molecule has 0 heterocycles. The molecule has 0 aliphatic heterocycles. The first kappa shape index (κ1) is 12.7. The SMILES string of the molecule is C=Cc1ccccc1C(=C)CC.CC. The first-order chi connectivity index (χ1) is 6.79. The zero-order valence-electron chi connectivity index (χ0n) is 9.51. The summed E-state index contributed by atoms with van der Waals surface area (Å²) in [5, 5.41) is 0. The molecular formula is C14H20. The van der Waals surface area contributed by atoms with Crippen LogP contribution in [0.3, 0.4) is 0 Å². The van der Waals surface area contributed by atoms with Gasteiger partial charge in [0.05, 0.1) is 0 Å². The molecule has 0 bridgehead atoms. The molecule has 0 aliphatic rings. The smallest absolute Gasteiger partial charge is 0.0158 e. The summed E-state index contributed by atoms with van der Waals surface area (Å²) < 4.78 is 0. The lowest BCUT2D eigenvalue weighted by molar-refractivity contribution is 1.24. The molecular weight excluding hydrogens is 168 g/mol. The second kappa shape index (κ2) is 7.14. The van der Waals surface area contributed by atoms with Crippen LogP contribution in [0.4, 0.5) is 0 Å². The summed E-state index contributed by atoms with van der Waals surface area (Å²) in [6.07, 6.45) is 2.86. The average molecular weight is 188 g/mol. The first-order valence-electron chi connectivity index (χ1n) is 5.19. The van der Waals surface area contributed by atoms with Gasteiger partial charge in [0, 0.05) is 0 Å². The third-order valence-corrected chi connectivity index (χ3v) is 1.99. The maximum absolute atomic E-state index is 4.00. The molecule has 0 N–H and O–H groups in total. The molecule has 0 aromatic heterocycles. The van der Waals surface area contributed by atoms with Gasteiger partial charge in [0.1, 0.15) is 0 Å². The van der Waals surface area contributed by atoms with E-state index in [0.717, 1.165) is 6.42 Å². The Bertz CT molecular complexity index is 295. The fourth-order valence-corrected chi connectivity index (χ4v) is 1.19. The quantitative estimate of drug-likeness (QED) is 0.640. The van der Waals surface area contributed by atoms with Crippen molar-refractivity contribution in [1.29, 1.82) is 0 Å². The van der Waals surface area contributed by atoms with Crippen LogP contribution < -0.4 is 0 Å². The summed E-state index contributed by atoms with van der Waals surface area (Å²) in [5.41, 5.74) is 3.56. The van der Waals surface area contributed by atoms with Gasteiger partial charge >= 0.3 is 0 Å². The van der Waals surface area contributed by atoms with E-state index in [9.17, 15) is 0 Å². The van der Waals surface area contributed by atoms with Crippen LogP contribution >= 0.6 is 0 Å². The van der Waals surface area contributed by atoms with E-state index >= 15 is 0 Å². The molecule has 0 radical (unpaired) electrons. The summed E-state index contributed by atoms with van der Waals surface area (Å²) in [6.45, 7) is 13.9. The van der Waals surface area contributed by atoms with Gasteiger partial charge in [0.15, 0.2) is 0 Å². The van der Waals surface area contributed by atoms with E-state index in [-0.39, 0.29) is 0 Å². The number of hydrogen-bond acceptors (Lipinski definition) is 0. The van der Waals surface area contributed by atoms with Gasteiger partial charge < -0.3 is 0 Å². The predicted octanol–water partition coefficient (Wildman–Crippen LogP) is 4.78. The van der Waals surface area contributed by atoms with Crippen LogP contribution in [0, 0.1) is 0 Å². The van der Waals surface area contributed by atoms with Crippen LogP contribution in [0.5, 0.6) is 0 Å². The highest BCUT2D eigenvalue weighted by Crippen LogP contribution is 2.20. The molecule has 0 saturated carbocycles. The molecule has 0 unspecified atom stereocenters.